The van der Waals surface area contributed by atoms with E-state index in [0.29, 0.717) is 17.5 Å². The van der Waals surface area contributed by atoms with Crippen molar-refractivity contribution in [1.82, 2.24) is 15.0 Å². The molecule has 1 aliphatic heterocycles. The first-order chi connectivity index (χ1) is 31.2. The molecule has 2 spiro atoms. The van der Waals surface area contributed by atoms with Crippen molar-refractivity contribution >= 4 is 0 Å². The first-order valence-electron chi connectivity index (χ1n) is 21.5. The Labute approximate surface area is 365 Å². The maximum atomic E-state index is 6.70. The lowest BCUT2D eigenvalue weighted by Gasteiger charge is -2.51. The number of hydrogen-bond donors (Lipinski definition) is 0. The summed E-state index contributed by atoms with van der Waals surface area (Å²) in [6.07, 6.45) is 0. The summed E-state index contributed by atoms with van der Waals surface area (Å²) in [7, 11) is 0. The third kappa shape index (κ3) is 5.00. The lowest BCUT2D eigenvalue weighted by molar-refractivity contribution is 0.429. The van der Waals surface area contributed by atoms with E-state index in [-0.39, 0.29) is 0 Å². The van der Waals surface area contributed by atoms with Crippen LogP contribution in [0.1, 0.15) is 44.5 Å². The second-order valence-electron chi connectivity index (χ2n) is 16.6. The minimum atomic E-state index is -0.617. The molecule has 0 saturated heterocycles. The quantitative estimate of drug-likeness (QED) is 0.178. The molecule has 2 heterocycles. The average Bonchev–Trinajstić information content (AvgIpc) is 3.66. The van der Waals surface area contributed by atoms with Crippen LogP contribution >= 0.6 is 0 Å². The highest BCUT2D eigenvalue weighted by molar-refractivity contribution is 5.92. The van der Waals surface area contributed by atoms with Crippen molar-refractivity contribution in [3.05, 3.63) is 269 Å². The van der Waals surface area contributed by atoms with Crippen LogP contribution in [-0.2, 0) is 10.8 Å². The Morgan fingerprint density at radius 2 is 0.651 bits per heavy atom. The van der Waals surface area contributed by atoms with E-state index in [0.717, 1.165) is 50.4 Å². The molecule has 63 heavy (non-hydrogen) atoms. The summed E-state index contributed by atoms with van der Waals surface area (Å²) in [5.74, 6) is 3.66. The van der Waals surface area contributed by atoms with Crippen LogP contribution in [0.15, 0.2) is 224 Å². The molecule has 10 aromatic rings. The Hall–Kier alpha value is -8.21. The molecule has 0 atom stereocenters. The molecule has 0 radical (unpaired) electrons. The zero-order valence-corrected chi connectivity index (χ0v) is 34.1. The first-order valence-corrected chi connectivity index (χ1v) is 21.5. The molecule has 2 aliphatic carbocycles. The van der Waals surface area contributed by atoms with Crippen LogP contribution in [0, 0.1) is 0 Å². The number of ether oxygens (including phenoxy) is 1. The third-order valence-corrected chi connectivity index (χ3v) is 13.5. The minimum Gasteiger partial charge on any atom is -0.457 e. The van der Waals surface area contributed by atoms with Crippen molar-refractivity contribution in [3.8, 4) is 67.9 Å². The van der Waals surface area contributed by atoms with Gasteiger partial charge in [0.05, 0.1) is 10.8 Å². The molecule has 0 N–H and O–H groups in total. The van der Waals surface area contributed by atoms with E-state index >= 15 is 0 Å². The van der Waals surface area contributed by atoms with Gasteiger partial charge in [-0.15, -0.1) is 0 Å². The predicted molar refractivity (Wildman–Crippen MR) is 251 cm³/mol. The molecule has 3 aliphatic rings. The second kappa shape index (κ2) is 13.7. The molecular weight excluding hydrogens is 767 g/mol. The van der Waals surface area contributed by atoms with E-state index in [4.69, 9.17) is 19.7 Å². The van der Waals surface area contributed by atoms with Gasteiger partial charge in [-0.25, -0.2) is 15.0 Å². The Kier molecular flexibility index (Phi) is 7.70. The average molecular weight is 804 g/mol. The molecule has 294 valence electrons. The van der Waals surface area contributed by atoms with Crippen molar-refractivity contribution in [2.75, 3.05) is 0 Å². The SMILES string of the molecule is c1ccc(-c2cccc(-c3nc(-c4ccccc4)nc(-c4ccc5c(c4)-c4ccccc4C54c5ccccc5C5(c6ccccc6Oc6ccccc65)c5ccccc54)n3)c2)cc1. The lowest BCUT2D eigenvalue weighted by Crippen LogP contribution is -2.45. The lowest BCUT2D eigenvalue weighted by atomic mass is 9.51. The van der Waals surface area contributed by atoms with Gasteiger partial charge in [-0.1, -0.05) is 200 Å². The fourth-order valence-corrected chi connectivity index (χ4v) is 11.0. The summed E-state index contributed by atoms with van der Waals surface area (Å²) in [6.45, 7) is 0. The Morgan fingerprint density at radius 3 is 1.24 bits per heavy atom. The molecule has 4 nitrogen and oxygen atoms in total. The molecular formula is C59H37N3O. The smallest absolute Gasteiger partial charge is 0.164 e. The highest BCUT2D eigenvalue weighted by atomic mass is 16.5. The molecule has 1 aromatic heterocycles. The van der Waals surface area contributed by atoms with Gasteiger partial charge in [0.15, 0.2) is 17.5 Å². The van der Waals surface area contributed by atoms with Gasteiger partial charge in [-0.2, -0.15) is 0 Å². The number of aromatic nitrogens is 3. The summed E-state index contributed by atoms with van der Waals surface area (Å²) in [4.78, 5) is 15.6. The normalized spacial score (nSPS) is 14.1. The zero-order chi connectivity index (χ0) is 41.5. The van der Waals surface area contributed by atoms with E-state index in [1.165, 1.54) is 44.5 Å². The van der Waals surface area contributed by atoms with Crippen molar-refractivity contribution in [2.24, 2.45) is 0 Å². The molecule has 0 saturated carbocycles. The summed E-state index contributed by atoms with van der Waals surface area (Å²) in [6, 6.07) is 80.4. The van der Waals surface area contributed by atoms with Crippen LogP contribution in [0.2, 0.25) is 0 Å². The van der Waals surface area contributed by atoms with Crippen molar-refractivity contribution in [1.29, 1.82) is 0 Å². The summed E-state index contributed by atoms with van der Waals surface area (Å²) in [5, 5.41) is 0. The van der Waals surface area contributed by atoms with Gasteiger partial charge in [0.1, 0.15) is 11.5 Å². The number of benzene rings is 9. The molecule has 0 unspecified atom stereocenters. The number of rotatable bonds is 4. The van der Waals surface area contributed by atoms with Gasteiger partial charge in [0.25, 0.3) is 0 Å². The number of fused-ring (bicyclic) bond motifs is 15. The van der Waals surface area contributed by atoms with Crippen LogP contribution in [-0.4, -0.2) is 15.0 Å². The molecule has 0 bridgehead atoms. The second-order valence-corrected chi connectivity index (χ2v) is 16.6. The van der Waals surface area contributed by atoms with E-state index in [1.54, 1.807) is 0 Å². The van der Waals surface area contributed by atoms with Crippen molar-refractivity contribution in [3.63, 3.8) is 0 Å². The van der Waals surface area contributed by atoms with E-state index in [2.05, 4.69) is 200 Å². The van der Waals surface area contributed by atoms with Gasteiger partial charge in [0.2, 0.25) is 0 Å². The Balaban J connectivity index is 1.05. The summed E-state index contributed by atoms with van der Waals surface area (Å²) >= 11 is 0. The molecule has 0 fully saturated rings. The van der Waals surface area contributed by atoms with Crippen LogP contribution in [0.4, 0.5) is 0 Å². The zero-order valence-electron chi connectivity index (χ0n) is 34.1. The Bertz CT molecular complexity index is 3350. The van der Waals surface area contributed by atoms with Crippen LogP contribution in [0.25, 0.3) is 56.4 Å². The molecule has 13 rings (SSSR count). The minimum absolute atomic E-state index is 0.609. The fourth-order valence-electron chi connectivity index (χ4n) is 11.0. The van der Waals surface area contributed by atoms with Gasteiger partial charge in [-0.3, -0.25) is 0 Å². The van der Waals surface area contributed by atoms with Crippen LogP contribution in [0.5, 0.6) is 11.5 Å². The van der Waals surface area contributed by atoms with Gasteiger partial charge < -0.3 is 4.74 Å². The molecule has 0 amide bonds. The standard InChI is InChI=1S/C59H37N3O/c1-3-18-38(19-4-1)40-22-17-23-41(36-40)56-60-55(39-20-5-2-6-21-39)61-57(62-56)42-34-35-46-44(37-42)43-24-7-8-25-45(43)58(46)47-26-9-11-28-49(47)59(50-29-12-10-27-48(50)58)51-30-13-15-32-53(51)63-54-33-16-14-31-52(54)59/h1-37H. The maximum Gasteiger partial charge on any atom is 0.164 e. The van der Waals surface area contributed by atoms with Crippen molar-refractivity contribution < 1.29 is 4.74 Å². The molecule has 4 heteroatoms. The largest absolute Gasteiger partial charge is 0.457 e. The fraction of sp³-hybridized carbons (Fsp3) is 0.0339. The van der Waals surface area contributed by atoms with Crippen LogP contribution in [0.3, 0.4) is 0 Å². The van der Waals surface area contributed by atoms with Gasteiger partial charge in [0, 0.05) is 27.8 Å². The maximum absolute atomic E-state index is 6.70. The monoisotopic (exact) mass is 803 g/mol. The third-order valence-electron chi connectivity index (χ3n) is 13.5. The van der Waals surface area contributed by atoms with E-state index in [1.807, 2.05) is 24.3 Å². The van der Waals surface area contributed by atoms with Gasteiger partial charge in [-0.05, 0) is 79.9 Å². The topological polar surface area (TPSA) is 47.9 Å². The Morgan fingerprint density at radius 1 is 0.254 bits per heavy atom. The van der Waals surface area contributed by atoms with E-state index in [9.17, 15) is 0 Å². The number of hydrogen-bond acceptors (Lipinski definition) is 4. The highest BCUT2D eigenvalue weighted by Gasteiger charge is 2.58. The summed E-state index contributed by atoms with van der Waals surface area (Å²) in [5.41, 5.74) is 16.0. The van der Waals surface area contributed by atoms with Gasteiger partial charge >= 0.3 is 0 Å². The first kappa shape index (κ1) is 35.5. The number of nitrogens with zero attached hydrogens (tertiary/aromatic N) is 3. The predicted octanol–water partition coefficient (Wildman–Crippen LogP) is 13.7. The van der Waals surface area contributed by atoms with E-state index < -0.39 is 10.8 Å². The van der Waals surface area contributed by atoms with Crippen molar-refractivity contribution in [2.45, 2.75) is 10.8 Å². The summed E-state index contributed by atoms with van der Waals surface area (Å²) < 4.78 is 6.70. The highest BCUT2D eigenvalue weighted by Crippen LogP contribution is 2.67. The number of para-hydroxylation sites is 2. The molecule has 9 aromatic carbocycles. The van der Waals surface area contributed by atoms with Crippen LogP contribution < -0.4 is 4.74 Å².